The van der Waals surface area contributed by atoms with E-state index in [1.807, 2.05) is 43.3 Å². The molecule has 0 amide bonds. The fraction of sp³-hybridized carbons (Fsp3) is 0.143. The van der Waals surface area contributed by atoms with Gasteiger partial charge in [0.05, 0.1) is 5.69 Å². The lowest BCUT2D eigenvalue weighted by Crippen LogP contribution is -2.08. The Morgan fingerprint density at radius 2 is 1.33 bits per heavy atom. The maximum absolute atomic E-state index is 9.24. The van der Waals surface area contributed by atoms with E-state index in [4.69, 9.17) is 5.11 Å². The summed E-state index contributed by atoms with van der Waals surface area (Å²) in [4.78, 5) is 2.49. The van der Waals surface area contributed by atoms with Crippen molar-refractivity contribution in [3.63, 3.8) is 0 Å². The van der Waals surface area contributed by atoms with Gasteiger partial charge in [0.15, 0.2) is 0 Å². The van der Waals surface area contributed by atoms with Crippen LogP contribution in [0.3, 0.4) is 0 Å². The number of rotatable bonds is 1. The second-order valence-electron chi connectivity index (χ2n) is 3.87. The normalized spacial score (nSPS) is 9.28. The predicted octanol–water partition coefficient (Wildman–Crippen LogP) is 3.14. The monoisotopic (exact) mass is 263 g/mol. The average molecular weight is 263 g/mol. The Labute approximate surface area is 113 Å². The number of hydrogen-bond donors (Lipinski definition) is 3. The van der Waals surface area contributed by atoms with Crippen molar-refractivity contribution in [2.45, 2.75) is 4.90 Å². The van der Waals surface area contributed by atoms with Gasteiger partial charge in [-0.1, -0.05) is 24.3 Å². The molecule has 18 heavy (non-hydrogen) atoms. The minimum atomic E-state index is 0.232. The molecule has 0 fully saturated rings. The molecular weight excluding hydrogens is 246 g/mol. The lowest BCUT2D eigenvalue weighted by Gasteiger charge is -2.12. The first-order valence-electron chi connectivity index (χ1n) is 5.44. The van der Waals surface area contributed by atoms with Crippen molar-refractivity contribution in [2.75, 3.05) is 19.0 Å². The highest BCUT2D eigenvalue weighted by molar-refractivity contribution is 7.80. The van der Waals surface area contributed by atoms with Gasteiger partial charge < -0.3 is 15.1 Å². The van der Waals surface area contributed by atoms with Crippen LogP contribution in [0, 0.1) is 0 Å². The summed E-state index contributed by atoms with van der Waals surface area (Å²) in [6.45, 7) is 0. The first-order chi connectivity index (χ1) is 8.52. The smallest absolute Gasteiger partial charge is 0.138 e. The van der Waals surface area contributed by atoms with Crippen LogP contribution in [0.1, 0.15) is 0 Å². The highest BCUT2D eigenvalue weighted by Gasteiger charge is 1.98. The van der Waals surface area contributed by atoms with Gasteiger partial charge in [-0.2, -0.15) is 0 Å². The first-order valence-corrected chi connectivity index (χ1v) is 5.89. The van der Waals surface area contributed by atoms with E-state index in [-0.39, 0.29) is 5.75 Å². The van der Waals surface area contributed by atoms with Gasteiger partial charge in [-0.15, -0.1) is 12.6 Å². The van der Waals surface area contributed by atoms with E-state index < -0.39 is 0 Å². The number of hydrogen-bond acceptors (Lipinski definition) is 4. The minimum absolute atomic E-state index is 0.232. The Bertz CT molecular complexity index is 480. The molecule has 96 valence electrons. The SMILES string of the molecule is CN(C)c1ccccc1O.Oc1ccccc1S. The number of phenols is 2. The molecule has 0 aliphatic heterocycles. The van der Waals surface area contributed by atoms with Crippen LogP contribution < -0.4 is 4.90 Å². The molecule has 2 rings (SSSR count). The van der Waals surface area contributed by atoms with E-state index >= 15 is 0 Å². The van der Waals surface area contributed by atoms with Gasteiger partial charge in [-0.3, -0.25) is 0 Å². The third-order valence-electron chi connectivity index (χ3n) is 2.25. The van der Waals surface area contributed by atoms with Crippen LogP contribution in [0.25, 0.3) is 0 Å². The molecular formula is C14H17NO2S. The van der Waals surface area contributed by atoms with Crippen LogP contribution in [0.2, 0.25) is 0 Å². The van der Waals surface area contributed by atoms with Crippen molar-refractivity contribution < 1.29 is 10.2 Å². The van der Waals surface area contributed by atoms with Crippen LogP contribution in [-0.2, 0) is 0 Å². The number of aromatic hydroxyl groups is 2. The zero-order valence-electron chi connectivity index (χ0n) is 10.4. The number of para-hydroxylation sites is 3. The van der Waals surface area contributed by atoms with Gasteiger partial charge in [0.1, 0.15) is 11.5 Å². The summed E-state index contributed by atoms with van der Waals surface area (Å²) in [7, 11) is 3.80. The van der Waals surface area contributed by atoms with Crippen molar-refractivity contribution in [2.24, 2.45) is 0 Å². The second kappa shape index (κ2) is 6.81. The lowest BCUT2D eigenvalue weighted by molar-refractivity contribution is 0.463. The van der Waals surface area contributed by atoms with E-state index in [1.165, 1.54) is 0 Å². The lowest BCUT2D eigenvalue weighted by atomic mass is 10.3. The van der Waals surface area contributed by atoms with E-state index in [0.29, 0.717) is 10.6 Å². The maximum Gasteiger partial charge on any atom is 0.138 e. The molecule has 0 saturated heterocycles. The fourth-order valence-electron chi connectivity index (χ4n) is 1.31. The van der Waals surface area contributed by atoms with Crippen LogP contribution in [0.5, 0.6) is 11.5 Å². The largest absolute Gasteiger partial charge is 0.507 e. The summed E-state index contributed by atoms with van der Waals surface area (Å²) in [5.41, 5.74) is 0.850. The van der Waals surface area contributed by atoms with Crippen LogP contribution in [-0.4, -0.2) is 24.3 Å². The van der Waals surface area contributed by atoms with Crippen molar-refractivity contribution >= 4 is 18.3 Å². The summed E-state index contributed by atoms with van der Waals surface area (Å²) < 4.78 is 0. The molecule has 0 radical (unpaired) electrons. The molecule has 0 unspecified atom stereocenters. The molecule has 4 heteroatoms. The molecule has 0 aliphatic carbocycles. The highest BCUT2D eigenvalue weighted by Crippen LogP contribution is 2.23. The Kier molecular flexibility index (Phi) is 5.39. The standard InChI is InChI=1S/C8H11NO.C6H6OS/c1-9(2)7-5-3-4-6-8(7)10;7-5-3-1-2-4-6(5)8/h3-6,10H,1-2H3;1-4,7-8H. The Balaban J connectivity index is 0.000000184. The predicted molar refractivity (Wildman–Crippen MR) is 77.8 cm³/mol. The third-order valence-corrected chi connectivity index (χ3v) is 2.62. The van der Waals surface area contributed by atoms with Gasteiger partial charge in [-0.25, -0.2) is 0 Å². The topological polar surface area (TPSA) is 43.7 Å². The molecule has 0 saturated carbocycles. The number of phenolic OH excluding ortho intramolecular Hbond substituents is 2. The van der Waals surface area contributed by atoms with Gasteiger partial charge in [0.2, 0.25) is 0 Å². The summed E-state index contributed by atoms with van der Waals surface area (Å²) in [5.74, 6) is 0.559. The molecule has 2 N–H and O–H groups in total. The number of anilines is 1. The van der Waals surface area contributed by atoms with E-state index in [9.17, 15) is 5.11 Å². The summed E-state index contributed by atoms with van der Waals surface area (Å²) in [6.07, 6.45) is 0. The Morgan fingerprint density at radius 1 is 0.833 bits per heavy atom. The summed E-state index contributed by atoms with van der Waals surface area (Å²) in [5, 5.41) is 18.1. The van der Waals surface area contributed by atoms with Crippen molar-refractivity contribution in [3.05, 3.63) is 48.5 Å². The van der Waals surface area contributed by atoms with Crippen LogP contribution in [0.15, 0.2) is 53.4 Å². The van der Waals surface area contributed by atoms with Crippen molar-refractivity contribution in [3.8, 4) is 11.5 Å². The van der Waals surface area contributed by atoms with Gasteiger partial charge in [-0.05, 0) is 24.3 Å². The molecule has 0 atom stereocenters. The van der Waals surface area contributed by atoms with Crippen molar-refractivity contribution in [1.82, 2.24) is 0 Å². The minimum Gasteiger partial charge on any atom is -0.507 e. The fourth-order valence-corrected chi connectivity index (χ4v) is 1.47. The van der Waals surface area contributed by atoms with E-state index in [2.05, 4.69) is 12.6 Å². The van der Waals surface area contributed by atoms with Gasteiger partial charge in [0, 0.05) is 19.0 Å². The number of benzene rings is 2. The molecule has 2 aromatic carbocycles. The first kappa shape index (κ1) is 14.3. The molecule has 0 heterocycles. The summed E-state index contributed by atoms with van der Waals surface area (Å²) in [6, 6.07) is 14.2. The average Bonchev–Trinajstić information content (AvgIpc) is 2.34. The molecule has 3 nitrogen and oxygen atoms in total. The highest BCUT2D eigenvalue weighted by atomic mass is 32.1. The van der Waals surface area contributed by atoms with Crippen molar-refractivity contribution in [1.29, 1.82) is 0 Å². The third kappa shape index (κ3) is 4.22. The molecule has 0 aromatic heterocycles. The molecule has 0 bridgehead atoms. The van der Waals surface area contributed by atoms with Gasteiger partial charge >= 0.3 is 0 Å². The number of thiol groups is 1. The second-order valence-corrected chi connectivity index (χ2v) is 4.35. The van der Waals surface area contributed by atoms with Crippen LogP contribution in [0.4, 0.5) is 5.69 Å². The molecule has 0 aliphatic rings. The maximum atomic E-state index is 9.24. The Morgan fingerprint density at radius 3 is 1.67 bits per heavy atom. The van der Waals surface area contributed by atoms with Crippen LogP contribution >= 0.6 is 12.6 Å². The Hall–Kier alpha value is -1.81. The quantitative estimate of drug-likeness (QED) is 0.693. The van der Waals surface area contributed by atoms with E-state index in [1.54, 1.807) is 24.3 Å². The zero-order chi connectivity index (χ0) is 13.5. The molecule has 2 aromatic rings. The molecule has 0 spiro atoms. The van der Waals surface area contributed by atoms with E-state index in [0.717, 1.165) is 5.69 Å². The number of nitrogens with zero attached hydrogens (tertiary/aromatic N) is 1. The zero-order valence-corrected chi connectivity index (χ0v) is 11.3. The summed E-state index contributed by atoms with van der Waals surface area (Å²) >= 11 is 3.95. The van der Waals surface area contributed by atoms with Gasteiger partial charge in [0.25, 0.3) is 0 Å².